The van der Waals surface area contributed by atoms with E-state index in [1.165, 1.54) is 0 Å². The molecule has 0 radical (unpaired) electrons. The van der Waals surface area contributed by atoms with Crippen molar-refractivity contribution in [3.05, 3.63) is 66.0 Å². The molecule has 2 aromatic carbocycles. The van der Waals surface area contributed by atoms with Crippen LogP contribution in [0.15, 0.2) is 54.6 Å². The van der Waals surface area contributed by atoms with Crippen molar-refractivity contribution in [1.29, 1.82) is 0 Å². The van der Waals surface area contributed by atoms with E-state index in [4.69, 9.17) is 4.74 Å². The largest absolute Gasteiger partial charge is 0.367 e. The van der Waals surface area contributed by atoms with Gasteiger partial charge >= 0.3 is 0 Å². The predicted octanol–water partition coefficient (Wildman–Crippen LogP) is 2.38. The molecule has 7 nitrogen and oxygen atoms in total. The van der Waals surface area contributed by atoms with Gasteiger partial charge in [0, 0.05) is 6.42 Å². The molecule has 1 N–H and O–H groups in total. The average molecular weight is 337 g/mol. The van der Waals surface area contributed by atoms with E-state index < -0.39 is 0 Å². The number of carbonyl (C=O) groups excluding carboxylic acids is 1. The Hall–Kier alpha value is -3.06. The summed E-state index contributed by atoms with van der Waals surface area (Å²) in [5, 5.41) is 14.5. The van der Waals surface area contributed by atoms with Gasteiger partial charge in [-0.3, -0.25) is 4.79 Å². The molecule has 1 aromatic heterocycles. The topological polar surface area (TPSA) is 81.9 Å². The molecule has 0 unspecified atom stereocenters. The minimum atomic E-state index is -0.227. The zero-order valence-electron chi connectivity index (χ0n) is 13.9. The number of tetrazole rings is 1. The fraction of sp³-hybridized carbons (Fsp3) is 0.222. The van der Waals surface area contributed by atoms with Gasteiger partial charge in [0.2, 0.25) is 5.91 Å². The van der Waals surface area contributed by atoms with E-state index in [-0.39, 0.29) is 12.5 Å². The summed E-state index contributed by atoms with van der Waals surface area (Å²) < 4.78 is 7.10. The molecule has 0 spiro atoms. The second-order valence-electron chi connectivity index (χ2n) is 5.40. The van der Waals surface area contributed by atoms with Crippen molar-refractivity contribution in [3.8, 4) is 5.69 Å². The van der Waals surface area contributed by atoms with Crippen LogP contribution in [0.2, 0.25) is 0 Å². The number of nitrogens with zero attached hydrogens (tertiary/aromatic N) is 4. The third-order valence-corrected chi connectivity index (χ3v) is 3.60. The lowest BCUT2D eigenvalue weighted by Crippen LogP contribution is -2.19. The van der Waals surface area contributed by atoms with Crippen LogP contribution >= 0.6 is 0 Å². The summed E-state index contributed by atoms with van der Waals surface area (Å²) in [5.74, 6) is 0.497. The Balaban J connectivity index is 1.64. The first-order valence-corrected chi connectivity index (χ1v) is 8.06. The Morgan fingerprint density at radius 3 is 2.68 bits per heavy atom. The van der Waals surface area contributed by atoms with Crippen molar-refractivity contribution >= 4 is 11.6 Å². The summed E-state index contributed by atoms with van der Waals surface area (Å²) in [6.07, 6.45) is 0.690. The molecule has 25 heavy (non-hydrogen) atoms. The molecular formula is C18H19N5O2. The van der Waals surface area contributed by atoms with Gasteiger partial charge in [0.15, 0.2) is 5.82 Å². The highest BCUT2D eigenvalue weighted by atomic mass is 16.5. The summed E-state index contributed by atoms with van der Waals surface area (Å²) in [5.41, 5.74) is 2.38. The van der Waals surface area contributed by atoms with Crippen LogP contribution in [0.4, 0.5) is 5.69 Å². The van der Waals surface area contributed by atoms with Gasteiger partial charge < -0.3 is 10.1 Å². The Bertz CT molecular complexity index is 832. The number of hydrogen-bond donors (Lipinski definition) is 1. The van der Waals surface area contributed by atoms with Gasteiger partial charge in [-0.25, -0.2) is 0 Å². The van der Waals surface area contributed by atoms with Gasteiger partial charge in [0.1, 0.15) is 6.61 Å². The van der Waals surface area contributed by atoms with Crippen LogP contribution in [0.3, 0.4) is 0 Å². The van der Waals surface area contributed by atoms with E-state index in [0.29, 0.717) is 18.7 Å². The molecule has 1 heterocycles. The summed E-state index contributed by atoms with van der Waals surface area (Å²) in [6.45, 7) is 2.34. The van der Waals surface area contributed by atoms with Gasteiger partial charge in [-0.05, 0) is 28.1 Å². The second-order valence-corrected chi connectivity index (χ2v) is 5.40. The molecule has 128 valence electrons. The number of hydrogen-bond acceptors (Lipinski definition) is 5. The molecule has 1 amide bonds. The van der Waals surface area contributed by atoms with Crippen molar-refractivity contribution in [3.63, 3.8) is 0 Å². The molecular weight excluding hydrogens is 318 g/mol. The van der Waals surface area contributed by atoms with Crippen LogP contribution in [0.1, 0.15) is 18.3 Å². The number of aryl methyl sites for hydroxylation is 1. The van der Waals surface area contributed by atoms with E-state index >= 15 is 0 Å². The summed E-state index contributed by atoms with van der Waals surface area (Å²) >= 11 is 0. The fourth-order valence-corrected chi connectivity index (χ4v) is 2.40. The Labute approximate surface area is 145 Å². The minimum Gasteiger partial charge on any atom is -0.367 e. The standard InChI is InChI=1S/C18H19N5O2/c1-2-17-20-21-22-23(17)16-11-7-6-10-15(16)19-18(24)13-25-12-14-8-4-3-5-9-14/h3-11H,2,12-13H2,1H3,(H,19,24). The monoisotopic (exact) mass is 337 g/mol. The number of ether oxygens (including phenoxy) is 1. The quantitative estimate of drug-likeness (QED) is 0.716. The van der Waals surface area contributed by atoms with E-state index in [1.54, 1.807) is 4.68 Å². The van der Waals surface area contributed by atoms with Gasteiger partial charge in [0.05, 0.1) is 18.0 Å². The third-order valence-electron chi connectivity index (χ3n) is 3.60. The number of anilines is 1. The number of para-hydroxylation sites is 2. The van der Waals surface area contributed by atoms with Gasteiger partial charge in [-0.15, -0.1) is 5.10 Å². The van der Waals surface area contributed by atoms with Crippen LogP contribution in [0, 0.1) is 0 Å². The highest BCUT2D eigenvalue weighted by molar-refractivity contribution is 5.93. The number of carbonyl (C=O) groups is 1. The van der Waals surface area contributed by atoms with E-state index in [1.807, 2.05) is 61.5 Å². The van der Waals surface area contributed by atoms with Crippen LogP contribution in [0.25, 0.3) is 5.69 Å². The van der Waals surface area contributed by atoms with Crippen LogP contribution < -0.4 is 5.32 Å². The first-order chi connectivity index (χ1) is 12.3. The number of rotatable bonds is 7. The van der Waals surface area contributed by atoms with Crippen molar-refractivity contribution < 1.29 is 9.53 Å². The Morgan fingerprint density at radius 2 is 1.88 bits per heavy atom. The first kappa shape index (κ1) is 16.8. The number of amides is 1. The van der Waals surface area contributed by atoms with Crippen LogP contribution in [0.5, 0.6) is 0 Å². The average Bonchev–Trinajstić information content (AvgIpc) is 3.11. The summed E-state index contributed by atoms with van der Waals surface area (Å²) in [7, 11) is 0. The van der Waals surface area contributed by atoms with E-state index in [0.717, 1.165) is 17.1 Å². The number of nitrogens with one attached hydrogen (secondary N) is 1. The SMILES string of the molecule is CCc1nnnn1-c1ccccc1NC(=O)COCc1ccccc1. The smallest absolute Gasteiger partial charge is 0.250 e. The molecule has 0 saturated carbocycles. The molecule has 3 aromatic rings. The maximum Gasteiger partial charge on any atom is 0.250 e. The van der Waals surface area contributed by atoms with Crippen molar-refractivity contribution in [2.24, 2.45) is 0 Å². The Morgan fingerprint density at radius 1 is 1.12 bits per heavy atom. The molecule has 0 aliphatic carbocycles. The van der Waals surface area contributed by atoms with Crippen LogP contribution in [-0.4, -0.2) is 32.7 Å². The molecule has 7 heteroatoms. The lowest BCUT2D eigenvalue weighted by Gasteiger charge is -2.11. The minimum absolute atomic E-state index is 0.0283. The number of aromatic nitrogens is 4. The van der Waals surface area contributed by atoms with Gasteiger partial charge in [-0.2, -0.15) is 4.68 Å². The van der Waals surface area contributed by atoms with Crippen molar-refractivity contribution in [1.82, 2.24) is 20.2 Å². The zero-order valence-corrected chi connectivity index (χ0v) is 13.9. The maximum atomic E-state index is 12.2. The molecule has 0 atom stereocenters. The normalized spacial score (nSPS) is 10.6. The highest BCUT2D eigenvalue weighted by Gasteiger charge is 2.12. The molecule has 0 aliphatic heterocycles. The summed E-state index contributed by atoms with van der Waals surface area (Å²) in [6, 6.07) is 17.1. The first-order valence-electron chi connectivity index (χ1n) is 8.06. The fourth-order valence-electron chi connectivity index (χ4n) is 2.40. The van der Waals surface area contributed by atoms with Crippen LogP contribution in [-0.2, 0) is 22.6 Å². The number of benzene rings is 2. The Kier molecular flexibility index (Phi) is 5.48. The van der Waals surface area contributed by atoms with Gasteiger partial charge in [-0.1, -0.05) is 49.4 Å². The second kappa shape index (κ2) is 8.16. The maximum absolute atomic E-state index is 12.2. The zero-order chi connectivity index (χ0) is 17.5. The van der Waals surface area contributed by atoms with Crippen molar-refractivity contribution in [2.75, 3.05) is 11.9 Å². The molecule has 0 bridgehead atoms. The van der Waals surface area contributed by atoms with Crippen molar-refractivity contribution in [2.45, 2.75) is 20.0 Å². The third kappa shape index (κ3) is 4.27. The molecule has 3 rings (SSSR count). The molecule has 0 aliphatic rings. The highest BCUT2D eigenvalue weighted by Crippen LogP contribution is 2.20. The lowest BCUT2D eigenvalue weighted by molar-refractivity contribution is -0.121. The molecule has 0 saturated heterocycles. The lowest BCUT2D eigenvalue weighted by atomic mass is 10.2. The predicted molar refractivity (Wildman–Crippen MR) is 93.3 cm³/mol. The molecule has 0 fully saturated rings. The van der Waals surface area contributed by atoms with Gasteiger partial charge in [0.25, 0.3) is 0 Å². The van der Waals surface area contributed by atoms with E-state index in [9.17, 15) is 4.79 Å². The summed E-state index contributed by atoms with van der Waals surface area (Å²) in [4.78, 5) is 12.2. The van der Waals surface area contributed by atoms with E-state index in [2.05, 4.69) is 20.8 Å².